The van der Waals surface area contributed by atoms with E-state index in [4.69, 9.17) is 4.42 Å². The van der Waals surface area contributed by atoms with Crippen molar-refractivity contribution >= 4 is 17.5 Å². The molecule has 30 heavy (non-hydrogen) atoms. The summed E-state index contributed by atoms with van der Waals surface area (Å²) in [5.41, 5.74) is 1.13. The molecule has 3 aromatic heterocycles. The van der Waals surface area contributed by atoms with E-state index in [1.54, 1.807) is 24.3 Å². The molecule has 0 atom stereocenters. The SMILES string of the molecule is O=C(Cn1nc2ccc(C(=O)NCc3ccccc3)cn2c1=O)NCc1ccco1. The molecule has 1 aromatic carbocycles. The first-order chi connectivity index (χ1) is 14.6. The van der Waals surface area contributed by atoms with Crippen molar-refractivity contribution in [1.82, 2.24) is 24.8 Å². The quantitative estimate of drug-likeness (QED) is 0.482. The fraction of sp³-hybridized carbons (Fsp3) is 0.143. The van der Waals surface area contributed by atoms with E-state index in [9.17, 15) is 14.4 Å². The molecule has 0 bridgehead atoms. The lowest BCUT2D eigenvalue weighted by molar-refractivity contribution is -0.122. The highest BCUT2D eigenvalue weighted by Gasteiger charge is 2.13. The van der Waals surface area contributed by atoms with Crippen LogP contribution in [-0.2, 0) is 24.4 Å². The molecule has 0 aliphatic carbocycles. The van der Waals surface area contributed by atoms with E-state index < -0.39 is 5.69 Å². The zero-order valence-electron chi connectivity index (χ0n) is 15.9. The van der Waals surface area contributed by atoms with E-state index in [1.165, 1.54) is 16.9 Å². The molecule has 2 amide bonds. The van der Waals surface area contributed by atoms with Gasteiger partial charge in [0.25, 0.3) is 5.91 Å². The van der Waals surface area contributed by atoms with Crippen LogP contribution in [0.3, 0.4) is 0 Å². The van der Waals surface area contributed by atoms with Crippen LogP contribution in [0.15, 0.2) is 76.3 Å². The summed E-state index contributed by atoms with van der Waals surface area (Å²) in [7, 11) is 0. The highest BCUT2D eigenvalue weighted by Crippen LogP contribution is 2.04. The van der Waals surface area contributed by atoms with Crippen molar-refractivity contribution in [3.8, 4) is 0 Å². The number of carbonyl (C=O) groups excluding carboxylic acids is 2. The minimum Gasteiger partial charge on any atom is -0.467 e. The second kappa shape index (κ2) is 8.48. The van der Waals surface area contributed by atoms with Gasteiger partial charge in [0.2, 0.25) is 5.91 Å². The van der Waals surface area contributed by atoms with Gasteiger partial charge in [0.1, 0.15) is 12.3 Å². The average molecular weight is 405 g/mol. The molecule has 152 valence electrons. The second-order valence-corrected chi connectivity index (χ2v) is 6.61. The first-order valence-corrected chi connectivity index (χ1v) is 9.30. The average Bonchev–Trinajstić information content (AvgIpc) is 3.39. The molecule has 0 unspecified atom stereocenters. The van der Waals surface area contributed by atoms with E-state index in [0.29, 0.717) is 23.5 Å². The first kappa shape index (κ1) is 19.2. The van der Waals surface area contributed by atoms with Gasteiger partial charge in [-0.2, -0.15) is 0 Å². The summed E-state index contributed by atoms with van der Waals surface area (Å²) in [6.45, 7) is 0.359. The van der Waals surface area contributed by atoms with Crippen LogP contribution in [0.2, 0.25) is 0 Å². The van der Waals surface area contributed by atoms with Gasteiger partial charge in [-0.15, -0.1) is 5.10 Å². The van der Waals surface area contributed by atoms with Crippen molar-refractivity contribution in [2.75, 3.05) is 0 Å². The molecule has 0 saturated carbocycles. The molecule has 0 aliphatic rings. The highest BCUT2D eigenvalue weighted by molar-refractivity contribution is 5.94. The lowest BCUT2D eigenvalue weighted by atomic mass is 10.2. The molecule has 0 aliphatic heterocycles. The molecule has 9 heteroatoms. The van der Waals surface area contributed by atoms with Crippen molar-refractivity contribution in [3.63, 3.8) is 0 Å². The second-order valence-electron chi connectivity index (χ2n) is 6.61. The van der Waals surface area contributed by atoms with Crippen LogP contribution in [0.4, 0.5) is 0 Å². The minimum absolute atomic E-state index is 0.222. The molecule has 3 heterocycles. The summed E-state index contributed by atoms with van der Waals surface area (Å²) >= 11 is 0. The van der Waals surface area contributed by atoms with Crippen molar-refractivity contribution in [2.24, 2.45) is 0 Å². The maximum atomic E-state index is 12.6. The van der Waals surface area contributed by atoms with Crippen molar-refractivity contribution in [2.45, 2.75) is 19.6 Å². The van der Waals surface area contributed by atoms with E-state index in [1.807, 2.05) is 30.3 Å². The maximum absolute atomic E-state index is 12.6. The number of furan rings is 1. The number of rotatable bonds is 7. The van der Waals surface area contributed by atoms with Crippen molar-refractivity contribution in [3.05, 3.63) is 94.4 Å². The van der Waals surface area contributed by atoms with E-state index in [-0.39, 0.29) is 24.9 Å². The van der Waals surface area contributed by atoms with Gasteiger partial charge in [-0.1, -0.05) is 30.3 Å². The number of fused-ring (bicyclic) bond motifs is 1. The van der Waals surface area contributed by atoms with Gasteiger partial charge in [-0.3, -0.25) is 9.59 Å². The number of aromatic nitrogens is 3. The van der Waals surface area contributed by atoms with E-state index in [0.717, 1.165) is 10.2 Å². The Morgan fingerprint density at radius 2 is 1.80 bits per heavy atom. The summed E-state index contributed by atoms with van der Waals surface area (Å²) in [4.78, 5) is 37.1. The number of hydrogen-bond acceptors (Lipinski definition) is 5. The Labute approximate surface area is 170 Å². The Morgan fingerprint density at radius 3 is 2.57 bits per heavy atom. The number of carbonyl (C=O) groups is 2. The summed E-state index contributed by atoms with van der Waals surface area (Å²) in [6, 6.07) is 16.1. The fourth-order valence-corrected chi connectivity index (χ4v) is 2.93. The molecule has 4 aromatic rings. The number of nitrogens with one attached hydrogen (secondary N) is 2. The molecule has 9 nitrogen and oxygen atoms in total. The summed E-state index contributed by atoms with van der Waals surface area (Å²) in [6.07, 6.45) is 2.93. The Kier molecular flexibility index (Phi) is 5.42. The zero-order chi connectivity index (χ0) is 20.9. The van der Waals surface area contributed by atoms with Crippen LogP contribution in [-0.4, -0.2) is 26.0 Å². The van der Waals surface area contributed by atoms with Crippen LogP contribution in [0.1, 0.15) is 21.7 Å². The molecule has 4 rings (SSSR count). The van der Waals surface area contributed by atoms with Gasteiger partial charge in [-0.25, -0.2) is 13.9 Å². The summed E-state index contributed by atoms with van der Waals surface area (Å²) < 4.78 is 7.45. The van der Waals surface area contributed by atoms with Crippen molar-refractivity contribution in [1.29, 1.82) is 0 Å². The van der Waals surface area contributed by atoms with Crippen molar-refractivity contribution < 1.29 is 14.0 Å². The van der Waals surface area contributed by atoms with Gasteiger partial charge in [0.05, 0.1) is 18.4 Å². The summed E-state index contributed by atoms with van der Waals surface area (Å²) in [5, 5.41) is 9.62. The van der Waals surface area contributed by atoms with Gasteiger partial charge in [0.15, 0.2) is 5.65 Å². The third-order valence-electron chi connectivity index (χ3n) is 4.47. The number of pyridine rings is 1. The Balaban J connectivity index is 1.44. The predicted octanol–water partition coefficient (Wildman–Crippen LogP) is 1.34. The van der Waals surface area contributed by atoms with Crippen LogP contribution < -0.4 is 16.3 Å². The molecule has 0 spiro atoms. The smallest absolute Gasteiger partial charge is 0.350 e. The van der Waals surface area contributed by atoms with Crippen LogP contribution >= 0.6 is 0 Å². The molecular weight excluding hydrogens is 386 g/mol. The minimum atomic E-state index is -0.504. The number of hydrogen-bond donors (Lipinski definition) is 2. The van der Waals surface area contributed by atoms with Crippen LogP contribution in [0, 0.1) is 0 Å². The summed E-state index contributed by atoms with van der Waals surface area (Å²) in [5.74, 6) is -0.0776. The Morgan fingerprint density at radius 1 is 0.967 bits per heavy atom. The lowest BCUT2D eigenvalue weighted by Gasteiger charge is -2.05. The van der Waals surface area contributed by atoms with Crippen LogP contribution in [0.5, 0.6) is 0 Å². The number of amides is 2. The van der Waals surface area contributed by atoms with Crippen LogP contribution in [0.25, 0.3) is 5.65 Å². The van der Waals surface area contributed by atoms with E-state index >= 15 is 0 Å². The zero-order valence-corrected chi connectivity index (χ0v) is 15.9. The maximum Gasteiger partial charge on any atom is 0.350 e. The van der Waals surface area contributed by atoms with E-state index in [2.05, 4.69) is 15.7 Å². The monoisotopic (exact) mass is 405 g/mol. The molecule has 0 saturated heterocycles. The lowest BCUT2D eigenvalue weighted by Crippen LogP contribution is -2.32. The highest BCUT2D eigenvalue weighted by atomic mass is 16.3. The number of benzene rings is 1. The van der Waals surface area contributed by atoms with Gasteiger partial charge < -0.3 is 15.1 Å². The third kappa shape index (κ3) is 4.30. The Hall–Kier alpha value is -4.14. The molecule has 2 N–H and O–H groups in total. The van der Waals surface area contributed by atoms with Gasteiger partial charge >= 0.3 is 5.69 Å². The number of nitrogens with zero attached hydrogens (tertiary/aromatic N) is 3. The Bertz CT molecular complexity index is 1230. The fourth-order valence-electron chi connectivity index (χ4n) is 2.93. The standard InChI is InChI=1S/C21H19N5O4/c27-19(22-12-17-7-4-10-30-17)14-26-21(29)25-13-16(8-9-18(25)24-26)20(28)23-11-15-5-2-1-3-6-15/h1-10,13H,11-12,14H2,(H,22,27)(H,23,28). The predicted molar refractivity (Wildman–Crippen MR) is 108 cm³/mol. The molecular formula is C21H19N5O4. The topological polar surface area (TPSA) is 111 Å². The van der Waals surface area contributed by atoms with Gasteiger partial charge in [-0.05, 0) is 29.8 Å². The molecule has 0 radical (unpaired) electrons. The van der Waals surface area contributed by atoms with Gasteiger partial charge in [0, 0.05) is 12.7 Å². The normalized spacial score (nSPS) is 10.8. The largest absolute Gasteiger partial charge is 0.467 e. The third-order valence-corrected chi connectivity index (χ3v) is 4.47. The first-order valence-electron chi connectivity index (χ1n) is 9.30. The molecule has 0 fully saturated rings.